The van der Waals surface area contributed by atoms with E-state index < -0.39 is 5.97 Å². The van der Waals surface area contributed by atoms with Crippen LogP contribution in [0.3, 0.4) is 0 Å². The van der Waals surface area contributed by atoms with Crippen LogP contribution in [0.5, 0.6) is 0 Å². The van der Waals surface area contributed by atoms with Crippen molar-refractivity contribution in [1.82, 2.24) is 10.4 Å². The molecule has 0 radical (unpaired) electrons. The Bertz CT molecular complexity index is 140. The Morgan fingerprint density at radius 3 is 2.54 bits per heavy atom. The molecule has 0 aliphatic heterocycles. The number of hydrazine groups is 1. The number of nitrogens with zero attached hydrogens (tertiary/aromatic N) is 1. The van der Waals surface area contributed by atoms with Gasteiger partial charge in [0, 0.05) is 13.1 Å². The molecule has 0 unspecified atom stereocenters. The Kier molecular flexibility index (Phi) is 7.63. The fourth-order valence-electron chi connectivity index (χ4n) is 1.06. The molecule has 0 aromatic heterocycles. The van der Waals surface area contributed by atoms with Gasteiger partial charge in [0.25, 0.3) is 0 Å². The molecule has 0 heterocycles. The normalized spacial score (nSPS) is 10.7. The molecule has 0 atom stereocenters. The number of hydrogen-bond acceptors (Lipinski definition) is 3. The number of hydrogen-bond donors (Lipinski definition) is 2. The van der Waals surface area contributed by atoms with Crippen LogP contribution in [0.25, 0.3) is 0 Å². The number of aliphatic carboxylic acids is 1. The van der Waals surface area contributed by atoms with Crippen LogP contribution in [0.1, 0.15) is 33.1 Å². The van der Waals surface area contributed by atoms with E-state index in [1.807, 2.05) is 6.92 Å². The summed E-state index contributed by atoms with van der Waals surface area (Å²) in [7, 11) is 0. The second-order valence-corrected chi connectivity index (χ2v) is 3.08. The van der Waals surface area contributed by atoms with Gasteiger partial charge in [-0.25, -0.2) is 5.01 Å². The Morgan fingerprint density at radius 2 is 2.08 bits per heavy atom. The first kappa shape index (κ1) is 12.4. The second-order valence-electron chi connectivity index (χ2n) is 3.08. The lowest BCUT2D eigenvalue weighted by Crippen LogP contribution is -2.42. The predicted octanol–water partition coefficient (Wildman–Crippen LogP) is 1.09. The maximum absolute atomic E-state index is 10.4. The molecular formula is C9H20N2O2. The lowest BCUT2D eigenvalue weighted by molar-refractivity contribution is -0.139. The van der Waals surface area contributed by atoms with E-state index in [1.165, 1.54) is 0 Å². The van der Waals surface area contributed by atoms with Gasteiger partial charge in [0.2, 0.25) is 0 Å². The zero-order chi connectivity index (χ0) is 10.1. The Hall–Kier alpha value is -0.610. The molecule has 2 N–H and O–H groups in total. The van der Waals surface area contributed by atoms with Crippen molar-refractivity contribution in [2.45, 2.75) is 33.1 Å². The highest BCUT2D eigenvalue weighted by Gasteiger charge is 2.06. The van der Waals surface area contributed by atoms with Crippen molar-refractivity contribution in [3.63, 3.8) is 0 Å². The van der Waals surface area contributed by atoms with Crippen LogP contribution in [0.15, 0.2) is 0 Å². The molecule has 78 valence electrons. The fourth-order valence-corrected chi connectivity index (χ4v) is 1.06. The van der Waals surface area contributed by atoms with Gasteiger partial charge in [-0.2, -0.15) is 0 Å². The van der Waals surface area contributed by atoms with Crippen molar-refractivity contribution in [1.29, 1.82) is 0 Å². The number of carbonyl (C=O) groups is 1. The van der Waals surface area contributed by atoms with Crippen LogP contribution in [0.2, 0.25) is 0 Å². The Morgan fingerprint density at radius 1 is 1.38 bits per heavy atom. The molecule has 0 aromatic rings. The van der Waals surface area contributed by atoms with E-state index in [1.54, 1.807) is 5.01 Å². The molecule has 4 heteroatoms. The van der Waals surface area contributed by atoms with Crippen LogP contribution in [-0.4, -0.2) is 35.7 Å². The number of carboxylic acid groups (broad SMARTS) is 1. The van der Waals surface area contributed by atoms with Gasteiger partial charge < -0.3 is 5.11 Å². The lowest BCUT2D eigenvalue weighted by atomic mass is 10.3. The predicted molar refractivity (Wildman–Crippen MR) is 52.4 cm³/mol. The van der Waals surface area contributed by atoms with Crippen molar-refractivity contribution in [2.24, 2.45) is 0 Å². The number of carboxylic acids is 1. The first-order chi connectivity index (χ1) is 6.20. The number of unbranched alkanes of at least 4 members (excludes halogenated alkanes) is 1. The molecule has 0 amide bonds. The first-order valence-electron chi connectivity index (χ1n) is 4.91. The van der Waals surface area contributed by atoms with Gasteiger partial charge in [0.1, 0.15) is 6.54 Å². The second kappa shape index (κ2) is 8.01. The third-order valence-corrected chi connectivity index (χ3v) is 1.69. The van der Waals surface area contributed by atoms with Gasteiger partial charge in [-0.05, 0) is 12.8 Å². The van der Waals surface area contributed by atoms with Gasteiger partial charge >= 0.3 is 5.97 Å². The average molecular weight is 188 g/mol. The van der Waals surface area contributed by atoms with E-state index in [4.69, 9.17) is 5.11 Å². The molecule has 0 saturated heterocycles. The summed E-state index contributed by atoms with van der Waals surface area (Å²) in [5, 5.41) is 10.3. The van der Waals surface area contributed by atoms with Crippen molar-refractivity contribution in [2.75, 3.05) is 19.6 Å². The van der Waals surface area contributed by atoms with Crippen molar-refractivity contribution in [3.05, 3.63) is 0 Å². The molecule has 0 saturated carbocycles. The molecule has 0 bridgehead atoms. The van der Waals surface area contributed by atoms with Crippen LogP contribution in [0.4, 0.5) is 0 Å². The topological polar surface area (TPSA) is 52.6 Å². The Balaban J connectivity index is 3.59. The molecule has 0 aliphatic carbocycles. The van der Waals surface area contributed by atoms with Crippen LogP contribution >= 0.6 is 0 Å². The monoisotopic (exact) mass is 188 g/mol. The van der Waals surface area contributed by atoms with E-state index in [9.17, 15) is 4.79 Å². The van der Waals surface area contributed by atoms with Gasteiger partial charge in [-0.15, -0.1) is 0 Å². The summed E-state index contributed by atoms with van der Waals surface area (Å²) < 4.78 is 0. The third kappa shape index (κ3) is 7.74. The quantitative estimate of drug-likeness (QED) is 0.442. The highest BCUT2D eigenvalue weighted by Crippen LogP contribution is 1.89. The van der Waals surface area contributed by atoms with Crippen molar-refractivity contribution < 1.29 is 9.90 Å². The maximum atomic E-state index is 10.4. The van der Waals surface area contributed by atoms with E-state index in [2.05, 4.69) is 12.3 Å². The van der Waals surface area contributed by atoms with Crippen LogP contribution < -0.4 is 5.43 Å². The van der Waals surface area contributed by atoms with E-state index >= 15 is 0 Å². The standard InChI is InChI=1S/C9H20N2O2/c1-3-5-6-10-11(7-4-2)8-9(12)13/h10H,3-8H2,1-2H3,(H,12,13). The largest absolute Gasteiger partial charge is 0.480 e. The molecule has 4 nitrogen and oxygen atoms in total. The van der Waals surface area contributed by atoms with Gasteiger partial charge in [-0.1, -0.05) is 20.3 Å². The fraction of sp³-hybridized carbons (Fsp3) is 0.889. The summed E-state index contributed by atoms with van der Waals surface area (Å²) >= 11 is 0. The molecule has 0 aromatic carbocycles. The van der Waals surface area contributed by atoms with Gasteiger partial charge in [0.15, 0.2) is 0 Å². The first-order valence-corrected chi connectivity index (χ1v) is 4.91. The highest BCUT2D eigenvalue weighted by molar-refractivity contribution is 5.68. The third-order valence-electron chi connectivity index (χ3n) is 1.69. The minimum absolute atomic E-state index is 0.0809. The lowest BCUT2D eigenvalue weighted by Gasteiger charge is -2.20. The Labute approximate surface area is 79.9 Å². The molecule has 0 fully saturated rings. The average Bonchev–Trinajstić information content (AvgIpc) is 2.04. The maximum Gasteiger partial charge on any atom is 0.319 e. The summed E-state index contributed by atoms with van der Waals surface area (Å²) in [5.41, 5.74) is 3.11. The SMILES string of the molecule is CCCCNN(CCC)CC(=O)O. The molecule has 13 heavy (non-hydrogen) atoms. The van der Waals surface area contributed by atoms with E-state index in [-0.39, 0.29) is 6.54 Å². The van der Waals surface area contributed by atoms with Gasteiger partial charge in [0.05, 0.1) is 0 Å². The summed E-state index contributed by atoms with van der Waals surface area (Å²) in [4.78, 5) is 10.4. The summed E-state index contributed by atoms with van der Waals surface area (Å²) in [6.07, 6.45) is 3.17. The highest BCUT2D eigenvalue weighted by atomic mass is 16.4. The summed E-state index contributed by atoms with van der Waals surface area (Å²) in [6.45, 7) is 5.89. The van der Waals surface area contributed by atoms with Crippen molar-refractivity contribution in [3.8, 4) is 0 Å². The molecule has 0 aliphatic rings. The molecular weight excluding hydrogens is 168 g/mol. The number of rotatable bonds is 8. The van der Waals surface area contributed by atoms with Crippen LogP contribution in [0, 0.1) is 0 Å². The minimum Gasteiger partial charge on any atom is -0.480 e. The summed E-state index contributed by atoms with van der Waals surface area (Å²) in [6, 6.07) is 0. The summed E-state index contributed by atoms with van der Waals surface area (Å²) in [5.74, 6) is -0.780. The minimum atomic E-state index is -0.780. The zero-order valence-corrected chi connectivity index (χ0v) is 8.55. The van der Waals surface area contributed by atoms with Crippen LogP contribution in [-0.2, 0) is 4.79 Å². The number of nitrogens with one attached hydrogen (secondary N) is 1. The zero-order valence-electron chi connectivity index (χ0n) is 8.55. The van der Waals surface area contributed by atoms with Gasteiger partial charge in [-0.3, -0.25) is 10.2 Å². The molecule has 0 rings (SSSR count). The van der Waals surface area contributed by atoms with E-state index in [0.717, 1.165) is 32.4 Å². The van der Waals surface area contributed by atoms with Crippen molar-refractivity contribution >= 4 is 5.97 Å². The smallest absolute Gasteiger partial charge is 0.319 e. The van der Waals surface area contributed by atoms with E-state index in [0.29, 0.717) is 0 Å². The molecule has 0 spiro atoms.